The molecule has 1 aliphatic heterocycles. The number of benzene rings is 1. The minimum atomic E-state index is -2.73. The molecule has 3 nitrogen and oxygen atoms in total. The van der Waals surface area contributed by atoms with Crippen LogP contribution in [0.2, 0.25) is 0 Å². The van der Waals surface area contributed by atoms with Crippen molar-refractivity contribution in [2.45, 2.75) is 63.8 Å². The monoisotopic (exact) mass is 321 g/mol. The van der Waals surface area contributed by atoms with Crippen LogP contribution in [0.15, 0.2) is 12.1 Å². The van der Waals surface area contributed by atoms with Gasteiger partial charge in [0, 0.05) is 12.8 Å². The molecule has 23 heavy (non-hydrogen) atoms. The summed E-state index contributed by atoms with van der Waals surface area (Å²) in [5, 5.41) is 2.75. The van der Waals surface area contributed by atoms with Crippen LogP contribution < -0.4 is 5.32 Å². The van der Waals surface area contributed by atoms with Crippen LogP contribution in [-0.4, -0.2) is 23.2 Å². The van der Waals surface area contributed by atoms with E-state index >= 15 is 0 Å². The van der Waals surface area contributed by atoms with Crippen molar-refractivity contribution < 1.29 is 18.4 Å². The minimum Gasteiger partial charge on any atom is -0.343 e. The Balaban J connectivity index is 1.98. The van der Waals surface area contributed by atoms with Gasteiger partial charge in [-0.3, -0.25) is 9.59 Å². The number of nitrogens with one attached hydrogen (secondary N) is 1. The average molecular weight is 321 g/mol. The molecule has 1 aliphatic carbocycles. The first-order valence-electron chi connectivity index (χ1n) is 7.97. The second-order valence-corrected chi connectivity index (χ2v) is 7.04. The third kappa shape index (κ3) is 2.56. The standard InChI is InChI=1S/C18H21F2NO2/c1-10-8-11(2)13(12(3)9-10)14-15(22)17(21-16(14)23)4-6-18(19,20)7-5-17/h8-9,14H,4-7H2,1-3H3,(H,21,23). The number of hydrogen-bond donors (Lipinski definition) is 1. The number of carbonyl (C=O) groups is 2. The molecule has 1 unspecified atom stereocenters. The predicted molar refractivity (Wildman–Crippen MR) is 82.7 cm³/mol. The SMILES string of the molecule is Cc1cc(C)c(C2C(=O)NC3(CCC(F)(F)CC3)C2=O)c(C)c1. The van der Waals surface area contributed by atoms with E-state index in [1.807, 2.05) is 32.9 Å². The molecule has 1 saturated heterocycles. The van der Waals surface area contributed by atoms with Crippen molar-refractivity contribution >= 4 is 11.7 Å². The third-order valence-corrected chi connectivity index (χ3v) is 5.22. The molecule has 0 radical (unpaired) electrons. The largest absolute Gasteiger partial charge is 0.343 e. The first-order valence-corrected chi connectivity index (χ1v) is 7.97. The highest BCUT2D eigenvalue weighted by atomic mass is 19.3. The highest BCUT2D eigenvalue weighted by Crippen LogP contribution is 2.45. The summed E-state index contributed by atoms with van der Waals surface area (Å²) in [5.74, 6) is -4.20. The van der Waals surface area contributed by atoms with E-state index in [-0.39, 0.29) is 37.4 Å². The van der Waals surface area contributed by atoms with Crippen molar-refractivity contribution in [3.05, 3.63) is 34.4 Å². The second kappa shape index (κ2) is 5.11. The zero-order valence-electron chi connectivity index (χ0n) is 13.6. The van der Waals surface area contributed by atoms with Crippen molar-refractivity contribution in [3.63, 3.8) is 0 Å². The molecule has 0 bridgehead atoms. The molecule has 124 valence electrons. The van der Waals surface area contributed by atoms with Crippen molar-refractivity contribution in [1.82, 2.24) is 5.32 Å². The molecule has 1 saturated carbocycles. The van der Waals surface area contributed by atoms with E-state index in [0.29, 0.717) is 0 Å². The van der Waals surface area contributed by atoms with Gasteiger partial charge < -0.3 is 5.32 Å². The third-order valence-electron chi connectivity index (χ3n) is 5.22. The number of aryl methyl sites for hydroxylation is 3. The molecule has 3 rings (SSSR count). The fraction of sp³-hybridized carbons (Fsp3) is 0.556. The lowest BCUT2D eigenvalue weighted by Gasteiger charge is -2.35. The summed E-state index contributed by atoms with van der Waals surface area (Å²) in [7, 11) is 0. The van der Waals surface area contributed by atoms with Gasteiger partial charge in [0.05, 0.1) is 0 Å². The van der Waals surface area contributed by atoms with Gasteiger partial charge in [-0.05, 0) is 50.3 Å². The predicted octanol–water partition coefficient (Wildman–Crippen LogP) is 3.34. The topological polar surface area (TPSA) is 46.2 Å². The summed E-state index contributed by atoms with van der Waals surface area (Å²) in [6, 6.07) is 3.89. The molecule has 0 aromatic heterocycles. The van der Waals surface area contributed by atoms with E-state index in [4.69, 9.17) is 0 Å². The van der Waals surface area contributed by atoms with Crippen LogP contribution in [0.4, 0.5) is 8.78 Å². The molecular formula is C18H21F2NO2. The lowest BCUT2D eigenvalue weighted by molar-refractivity contribution is -0.128. The molecule has 5 heteroatoms. The quantitative estimate of drug-likeness (QED) is 0.806. The Morgan fingerprint density at radius 1 is 1.00 bits per heavy atom. The summed E-state index contributed by atoms with van der Waals surface area (Å²) in [5.41, 5.74) is 2.49. The molecule has 1 spiro atoms. The zero-order valence-corrected chi connectivity index (χ0v) is 13.6. The minimum absolute atomic E-state index is 0.0189. The number of amides is 1. The van der Waals surface area contributed by atoms with Gasteiger partial charge >= 0.3 is 0 Å². The number of alkyl halides is 2. The van der Waals surface area contributed by atoms with E-state index in [1.165, 1.54) is 0 Å². The number of rotatable bonds is 1. The van der Waals surface area contributed by atoms with E-state index in [0.717, 1.165) is 22.3 Å². The lowest BCUT2D eigenvalue weighted by atomic mass is 9.74. The Bertz CT molecular complexity index is 663. The van der Waals surface area contributed by atoms with Crippen LogP contribution >= 0.6 is 0 Å². The van der Waals surface area contributed by atoms with Crippen LogP contribution in [0.3, 0.4) is 0 Å². The summed E-state index contributed by atoms with van der Waals surface area (Å²) >= 11 is 0. The number of hydrogen-bond acceptors (Lipinski definition) is 2. The van der Waals surface area contributed by atoms with Gasteiger partial charge in [-0.15, -0.1) is 0 Å². The van der Waals surface area contributed by atoms with Crippen LogP contribution in [0, 0.1) is 20.8 Å². The Hall–Kier alpha value is -1.78. The van der Waals surface area contributed by atoms with Crippen molar-refractivity contribution in [2.24, 2.45) is 0 Å². The zero-order chi connectivity index (χ0) is 17.0. The average Bonchev–Trinajstić information content (AvgIpc) is 2.66. The fourth-order valence-electron chi connectivity index (χ4n) is 4.09. The molecule has 1 atom stereocenters. The van der Waals surface area contributed by atoms with E-state index in [2.05, 4.69) is 5.32 Å². The summed E-state index contributed by atoms with van der Waals surface area (Å²) in [4.78, 5) is 25.5. The van der Waals surface area contributed by atoms with Gasteiger partial charge in [-0.25, -0.2) is 8.78 Å². The fourth-order valence-corrected chi connectivity index (χ4v) is 4.09. The van der Waals surface area contributed by atoms with Gasteiger partial charge in [-0.2, -0.15) is 0 Å². The van der Waals surface area contributed by atoms with Crippen LogP contribution in [0.5, 0.6) is 0 Å². The van der Waals surface area contributed by atoms with Crippen molar-refractivity contribution in [3.8, 4) is 0 Å². The van der Waals surface area contributed by atoms with Gasteiger partial charge in [0.2, 0.25) is 11.8 Å². The van der Waals surface area contributed by atoms with Crippen LogP contribution in [0.1, 0.15) is 53.9 Å². The molecule has 1 heterocycles. The van der Waals surface area contributed by atoms with Crippen molar-refractivity contribution in [1.29, 1.82) is 0 Å². The number of ketones is 1. The lowest BCUT2D eigenvalue weighted by Crippen LogP contribution is -2.51. The first kappa shape index (κ1) is 16.1. The van der Waals surface area contributed by atoms with Crippen molar-refractivity contribution in [2.75, 3.05) is 0 Å². The van der Waals surface area contributed by atoms with Crippen LogP contribution in [-0.2, 0) is 9.59 Å². The van der Waals surface area contributed by atoms with Gasteiger partial charge in [-0.1, -0.05) is 17.7 Å². The highest BCUT2D eigenvalue weighted by Gasteiger charge is 2.57. The molecule has 1 aromatic carbocycles. The number of carbonyl (C=O) groups excluding carboxylic acids is 2. The molecule has 1 N–H and O–H groups in total. The number of halogens is 2. The maximum absolute atomic E-state index is 13.4. The Kier molecular flexibility index (Phi) is 3.58. The van der Waals surface area contributed by atoms with E-state index < -0.39 is 17.4 Å². The van der Waals surface area contributed by atoms with E-state index in [1.54, 1.807) is 0 Å². The highest BCUT2D eigenvalue weighted by molar-refractivity contribution is 6.17. The normalized spacial score (nSPS) is 25.7. The molecule has 1 amide bonds. The molecule has 2 fully saturated rings. The summed E-state index contributed by atoms with van der Waals surface area (Å²) in [6.07, 6.45) is -0.661. The first-order chi connectivity index (χ1) is 10.7. The number of Topliss-reactive ketones (excluding diaryl/α,β-unsaturated/α-hetero) is 1. The van der Waals surface area contributed by atoms with Gasteiger partial charge in [0.15, 0.2) is 5.78 Å². The second-order valence-electron chi connectivity index (χ2n) is 7.04. The Labute approximate surface area is 134 Å². The molecular weight excluding hydrogens is 300 g/mol. The summed E-state index contributed by atoms with van der Waals surface area (Å²) < 4.78 is 26.9. The Morgan fingerprint density at radius 3 is 2.04 bits per heavy atom. The molecule has 2 aliphatic rings. The maximum atomic E-state index is 13.4. The maximum Gasteiger partial charge on any atom is 0.248 e. The molecule has 1 aromatic rings. The van der Waals surface area contributed by atoms with Gasteiger partial charge in [0.25, 0.3) is 0 Å². The van der Waals surface area contributed by atoms with Gasteiger partial charge in [0.1, 0.15) is 11.5 Å². The van der Waals surface area contributed by atoms with E-state index in [9.17, 15) is 18.4 Å². The Morgan fingerprint density at radius 2 is 1.52 bits per heavy atom. The van der Waals surface area contributed by atoms with Crippen LogP contribution in [0.25, 0.3) is 0 Å². The smallest absolute Gasteiger partial charge is 0.248 e. The summed E-state index contributed by atoms with van der Waals surface area (Å²) in [6.45, 7) is 5.73.